The molecule has 3 aromatic carbocycles. The minimum absolute atomic E-state index is 0.165. The number of piperidine rings is 1. The van der Waals surface area contributed by atoms with Crippen LogP contribution < -0.4 is 14.2 Å². The number of hydrogen-bond donors (Lipinski definition) is 0. The first-order valence-electron chi connectivity index (χ1n) is 13.3. The molecule has 4 heteroatoms. The highest BCUT2D eigenvalue weighted by Gasteiger charge is 2.37. The molecule has 6 rings (SSSR count). The molecule has 0 bridgehead atoms. The van der Waals surface area contributed by atoms with E-state index in [1.807, 2.05) is 0 Å². The number of ether oxygens (including phenoxy) is 3. The van der Waals surface area contributed by atoms with Crippen LogP contribution >= 0.6 is 0 Å². The Hall–Kier alpha value is -3.24. The average Bonchev–Trinajstić information content (AvgIpc) is 3.27. The topological polar surface area (TPSA) is 30.9 Å². The van der Waals surface area contributed by atoms with Gasteiger partial charge in [0, 0.05) is 12.5 Å². The molecule has 4 nitrogen and oxygen atoms in total. The van der Waals surface area contributed by atoms with E-state index in [-0.39, 0.29) is 5.92 Å². The molecule has 1 heterocycles. The first kappa shape index (κ1) is 23.2. The standard InChI is InChI=1S/C32H35NO3/c1-34-29-20-27-26-15-12-22-8-4-5-9-25(22)32(26)31(28(27)21-30(29)35-2)23-10-13-24(14-11-23)36-19-18-33-16-6-3-7-17-33/h4-5,8-11,13-14,20-21,31H,3,6-7,12,15-19H2,1-2H3. The van der Waals surface area contributed by atoms with Gasteiger partial charge in [0.15, 0.2) is 11.5 Å². The van der Waals surface area contributed by atoms with E-state index in [2.05, 4.69) is 65.6 Å². The number of likely N-dealkylation sites (tertiary alicyclic amines) is 1. The summed E-state index contributed by atoms with van der Waals surface area (Å²) in [7, 11) is 3.43. The number of rotatable bonds is 7. The van der Waals surface area contributed by atoms with E-state index in [4.69, 9.17) is 14.2 Å². The Balaban J connectivity index is 1.32. The van der Waals surface area contributed by atoms with Gasteiger partial charge in [0.1, 0.15) is 12.4 Å². The zero-order valence-electron chi connectivity index (χ0n) is 21.4. The molecular weight excluding hydrogens is 446 g/mol. The quantitative estimate of drug-likeness (QED) is 0.382. The summed E-state index contributed by atoms with van der Waals surface area (Å²) in [5, 5.41) is 0. The van der Waals surface area contributed by atoms with Crippen molar-refractivity contribution in [3.63, 3.8) is 0 Å². The lowest BCUT2D eigenvalue weighted by molar-refractivity contribution is 0.183. The van der Waals surface area contributed by atoms with Gasteiger partial charge in [0.05, 0.1) is 14.2 Å². The molecule has 1 aliphatic heterocycles. The molecule has 1 fully saturated rings. The highest BCUT2D eigenvalue weighted by molar-refractivity contribution is 6.03. The normalized spacial score (nSPS) is 18.9. The number of allylic oxidation sites excluding steroid dienone is 2. The zero-order valence-corrected chi connectivity index (χ0v) is 21.4. The maximum Gasteiger partial charge on any atom is 0.161 e. The summed E-state index contributed by atoms with van der Waals surface area (Å²) >= 11 is 0. The number of benzene rings is 3. The van der Waals surface area contributed by atoms with Crippen molar-refractivity contribution in [1.29, 1.82) is 0 Å². The third kappa shape index (κ3) is 4.18. The van der Waals surface area contributed by atoms with Gasteiger partial charge < -0.3 is 14.2 Å². The van der Waals surface area contributed by atoms with E-state index in [9.17, 15) is 0 Å². The third-order valence-electron chi connectivity index (χ3n) is 8.10. The molecule has 0 radical (unpaired) electrons. The Morgan fingerprint density at radius 3 is 2.33 bits per heavy atom. The summed E-state index contributed by atoms with van der Waals surface area (Å²) in [6.45, 7) is 4.16. The van der Waals surface area contributed by atoms with Crippen molar-refractivity contribution in [3.05, 3.63) is 88.5 Å². The van der Waals surface area contributed by atoms with Gasteiger partial charge in [-0.15, -0.1) is 0 Å². The number of fused-ring (bicyclic) bond motifs is 4. The van der Waals surface area contributed by atoms with Crippen molar-refractivity contribution >= 4 is 11.1 Å². The Kier molecular flexibility index (Phi) is 6.45. The van der Waals surface area contributed by atoms with Crippen LogP contribution in [0.5, 0.6) is 17.2 Å². The van der Waals surface area contributed by atoms with E-state index < -0.39 is 0 Å². The van der Waals surface area contributed by atoms with Crippen LogP contribution in [0.1, 0.15) is 59.4 Å². The van der Waals surface area contributed by atoms with Crippen molar-refractivity contribution in [3.8, 4) is 17.2 Å². The Morgan fingerprint density at radius 2 is 1.56 bits per heavy atom. The monoisotopic (exact) mass is 481 g/mol. The van der Waals surface area contributed by atoms with E-state index in [1.165, 1.54) is 71.3 Å². The summed E-state index contributed by atoms with van der Waals surface area (Å²) in [5.74, 6) is 2.69. The van der Waals surface area contributed by atoms with Gasteiger partial charge >= 0.3 is 0 Å². The van der Waals surface area contributed by atoms with Gasteiger partial charge in [-0.05, 0) is 102 Å². The van der Waals surface area contributed by atoms with Gasteiger partial charge in [0.2, 0.25) is 0 Å². The molecule has 1 saturated heterocycles. The maximum absolute atomic E-state index is 6.14. The smallest absolute Gasteiger partial charge is 0.161 e. The summed E-state index contributed by atoms with van der Waals surface area (Å²) in [6, 6.07) is 22.0. The van der Waals surface area contributed by atoms with Crippen LogP contribution in [-0.2, 0) is 6.42 Å². The summed E-state index contributed by atoms with van der Waals surface area (Å²) in [5.41, 5.74) is 9.56. The summed E-state index contributed by atoms with van der Waals surface area (Å²) < 4.78 is 17.5. The van der Waals surface area contributed by atoms with Gasteiger partial charge in [-0.2, -0.15) is 0 Å². The lowest BCUT2D eigenvalue weighted by atomic mass is 9.80. The van der Waals surface area contributed by atoms with Crippen LogP contribution in [0.4, 0.5) is 0 Å². The molecular formula is C32H35NO3. The molecule has 36 heavy (non-hydrogen) atoms. The third-order valence-corrected chi connectivity index (χ3v) is 8.10. The predicted octanol–water partition coefficient (Wildman–Crippen LogP) is 6.57. The molecule has 0 amide bonds. The molecule has 3 aliphatic rings. The Bertz CT molecular complexity index is 1270. The van der Waals surface area contributed by atoms with Gasteiger partial charge in [-0.25, -0.2) is 0 Å². The fourth-order valence-corrected chi connectivity index (χ4v) is 6.30. The fourth-order valence-electron chi connectivity index (χ4n) is 6.30. The van der Waals surface area contributed by atoms with Crippen molar-refractivity contribution in [2.24, 2.45) is 0 Å². The largest absolute Gasteiger partial charge is 0.493 e. The molecule has 0 N–H and O–H groups in total. The van der Waals surface area contributed by atoms with Crippen LogP contribution in [-0.4, -0.2) is 45.4 Å². The van der Waals surface area contributed by atoms with Gasteiger partial charge in [-0.1, -0.05) is 42.8 Å². The molecule has 0 spiro atoms. The van der Waals surface area contributed by atoms with Crippen molar-refractivity contribution in [1.82, 2.24) is 4.90 Å². The second-order valence-electron chi connectivity index (χ2n) is 10.1. The lowest BCUT2D eigenvalue weighted by Gasteiger charge is -2.26. The molecule has 186 valence electrons. The van der Waals surface area contributed by atoms with E-state index >= 15 is 0 Å². The Labute approximate surface area is 214 Å². The second kappa shape index (κ2) is 10.0. The Morgan fingerprint density at radius 1 is 0.806 bits per heavy atom. The predicted molar refractivity (Wildman–Crippen MR) is 145 cm³/mol. The van der Waals surface area contributed by atoms with Gasteiger partial charge in [0.25, 0.3) is 0 Å². The van der Waals surface area contributed by atoms with Crippen LogP contribution in [0.2, 0.25) is 0 Å². The molecule has 0 saturated carbocycles. The van der Waals surface area contributed by atoms with Crippen LogP contribution in [0.25, 0.3) is 11.1 Å². The molecule has 1 atom stereocenters. The number of nitrogens with zero attached hydrogens (tertiary/aromatic N) is 1. The minimum atomic E-state index is 0.165. The molecule has 1 unspecified atom stereocenters. The zero-order chi connectivity index (χ0) is 24.5. The SMILES string of the molecule is COc1cc2c(cc1OC)C(c1ccc(OCCN3CCCCC3)cc1)C1=C2CCc2ccccc21. The van der Waals surface area contributed by atoms with Crippen molar-refractivity contribution in [2.75, 3.05) is 40.5 Å². The molecule has 2 aliphatic carbocycles. The van der Waals surface area contributed by atoms with Crippen LogP contribution in [0, 0.1) is 0 Å². The maximum atomic E-state index is 6.14. The number of methoxy groups -OCH3 is 2. The highest BCUT2D eigenvalue weighted by Crippen LogP contribution is 2.56. The van der Waals surface area contributed by atoms with Crippen molar-refractivity contribution in [2.45, 2.75) is 38.0 Å². The molecule has 3 aromatic rings. The molecule has 0 aromatic heterocycles. The van der Waals surface area contributed by atoms with Crippen LogP contribution in [0.3, 0.4) is 0 Å². The number of aryl methyl sites for hydroxylation is 1. The van der Waals surface area contributed by atoms with Crippen LogP contribution in [0.15, 0.2) is 60.7 Å². The first-order chi connectivity index (χ1) is 17.8. The van der Waals surface area contributed by atoms with Crippen molar-refractivity contribution < 1.29 is 14.2 Å². The first-order valence-corrected chi connectivity index (χ1v) is 13.3. The van der Waals surface area contributed by atoms with E-state index in [0.29, 0.717) is 0 Å². The fraction of sp³-hybridized carbons (Fsp3) is 0.375. The number of hydrogen-bond acceptors (Lipinski definition) is 4. The lowest BCUT2D eigenvalue weighted by Crippen LogP contribution is -2.33. The average molecular weight is 482 g/mol. The minimum Gasteiger partial charge on any atom is -0.493 e. The van der Waals surface area contributed by atoms with E-state index in [1.54, 1.807) is 14.2 Å². The summed E-state index contributed by atoms with van der Waals surface area (Å²) in [4.78, 5) is 2.52. The summed E-state index contributed by atoms with van der Waals surface area (Å²) in [6.07, 6.45) is 6.11. The second-order valence-corrected chi connectivity index (χ2v) is 10.1. The van der Waals surface area contributed by atoms with E-state index in [0.717, 1.165) is 43.2 Å². The highest BCUT2D eigenvalue weighted by atomic mass is 16.5. The van der Waals surface area contributed by atoms with Gasteiger partial charge in [-0.3, -0.25) is 4.90 Å².